The summed E-state index contributed by atoms with van der Waals surface area (Å²) in [4.78, 5) is 21.1. The zero-order valence-electron chi connectivity index (χ0n) is 15.0. The second-order valence-electron chi connectivity index (χ2n) is 6.97. The number of anilines is 1. The molecule has 1 aliphatic carbocycles. The Kier molecular flexibility index (Phi) is 4.77. The number of aliphatic imine (C=N–C) groups is 1. The van der Waals surface area contributed by atoms with E-state index in [0.29, 0.717) is 22.0 Å². The summed E-state index contributed by atoms with van der Waals surface area (Å²) < 4.78 is 14.8. The van der Waals surface area contributed by atoms with Gasteiger partial charge in [-0.15, -0.1) is 0 Å². The lowest BCUT2D eigenvalue weighted by Crippen LogP contribution is -2.37. The van der Waals surface area contributed by atoms with E-state index in [-0.39, 0.29) is 17.4 Å². The molecule has 1 fully saturated rings. The number of hydrogen-bond acceptors (Lipinski definition) is 6. The van der Waals surface area contributed by atoms with Crippen LogP contribution in [0.3, 0.4) is 0 Å². The SMILES string of the molecule is N#Cc1ccc(C(=O)Nc2ccc(F)c(C34CCC[C@H]3CSC(N)=N4)c2)nc1. The molecule has 142 valence electrons. The highest BCUT2D eigenvalue weighted by molar-refractivity contribution is 8.13. The number of thioether (sulfide) groups is 1. The first-order chi connectivity index (χ1) is 13.5. The van der Waals surface area contributed by atoms with Crippen LogP contribution in [0.5, 0.6) is 0 Å². The highest BCUT2D eigenvalue weighted by Crippen LogP contribution is 2.51. The van der Waals surface area contributed by atoms with Gasteiger partial charge in [0.05, 0.1) is 11.1 Å². The summed E-state index contributed by atoms with van der Waals surface area (Å²) in [6, 6.07) is 9.49. The van der Waals surface area contributed by atoms with E-state index < -0.39 is 11.4 Å². The van der Waals surface area contributed by atoms with Crippen LogP contribution in [0.4, 0.5) is 10.1 Å². The monoisotopic (exact) mass is 395 g/mol. The highest BCUT2D eigenvalue weighted by Gasteiger charge is 2.48. The summed E-state index contributed by atoms with van der Waals surface area (Å²) in [7, 11) is 0. The fourth-order valence-corrected chi connectivity index (χ4v) is 5.02. The number of benzene rings is 1. The molecule has 1 aliphatic heterocycles. The summed E-state index contributed by atoms with van der Waals surface area (Å²) in [6.07, 6.45) is 4.02. The molecule has 2 aromatic rings. The van der Waals surface area contributed by atoms with Crippen LogP contribution in [0.2, 0.25) is 0 Å². The number of halogens is 1. The fourth-order valence-electron chi connectivity index (χ4n) is 3.98. The molecule has 4 rings (SSSR count). The maximum absolute atomic E-state index is 14.8. The second kappa shape index (κ2) is 7.24. The molecule has 1 saturated carbocycles. The van der Waals surface area contributed by atoms with Gasteiger partial charge in [-0.25, -0.2) is 9.37 Å². The van der Waals surface area contributed by atoms with Crippen molar-refractivity contribution < 1.29 is 9.18 Å². The van der Waals surface area contributed by atoms with Gasteiger partial charge in [0.1, 0.15) is 17.6 Å². The molecule has 2 heterocycles. The predicted molar refractivity (Wildman–Crippen MR) is 106 cm³/mol. The standard InChI is InChI=1S/C20H18FN5OS/c21-16-5-4-14(25-18(27)17-6-3-12(9-22)10-24-17)8-15(16)20-7-1-2-13(20)11-28-19(23)26-20/h3-6,8,10,13H,1-2,7,11H2,(H2,23,26)(H,25,27)/t13-,20?/m0/s1. The highest BCUT2D eigenvalue weighted by atomic mass is 32.2. The van der Waals surface area contributed by atoms with Gasteiger partial charge in [0, 0.05) is 23.2 Å². The normalized spacial score (nSPS) is 23.4. The van der Waals surface area contributed by atoms with Crippen molar-refractivity contribution in [2.75, 3.05) is 11.1 Å². The average molecular weight is 395 g/mol. The number of hydrogen-bond donors (Lipinski definition) is 2. The number of rotatable bonds is 3. The van der Waals surface area contributed by atoms with Crippen LogP contribution in [0.1, 0.15) is 40.9 Å². The molecule has 1 aromatic carbocycles. The van der Waals surface area contributed by atoms with Crippen LogP contribution >= 0.6 is 11.8 Å². The third-order valence-corrected chi connectivity index (χ3v) is 6.30. The van der Waals surface area contributed by atoms with Crippen LogP contribution in [-0.4, -0.2) is 21.8 Å². The fraction of sp³-hybridized carbons (Fsp3) is 0.300. The van der Waals surface area contributed by atoms with Gasteiger partial charge in [-0.3, -0.25) is 9.79 Å². The van der Waals surface area contributed by atoms with Gasteiger partial charge in [0.25, 0.3) is 5.91 Å². The van der Waals surface area contributed by atoms with E-state index in [0.717, 1.165) is 25.0 Å². The van der Waals surface area contributed by atoms with Crippen molar-refractivity contribution >= 4 is 28.5 Å². The number of aromatic nitrogens is 1. The molecule has 2 aliphatic rings. The van der Waals surface area contributed by atoms with E-state index in [2.05, 4.69) is 15.3 Å². The maximum atomic E-state index is 14.8. The number of nitrogens with zero attached hydrogens (tertiary/aromatic N) is 3. The summed E-state index contributed by atoms with van der Waals surface area (Å²) in [5, 5.41) is 12.1. The minimum Gasteiger partial charge on any atom is -0.379 e. The number of pyridine rings is 1. The van der Waals surface area contributed by atoms with Crippen molar-refractivity contribution in [1.82, 2.24) is 4.98 Å². The molecule has 0 saturated heterocycles. The summed E-state index contributed by atoms with van der Waals surface area (Å²) in [5.74, 6) is 0.278. The van der Waals surface area contributed by atoms with Gasteiger partial charge in [0.15, 0.2) is 5.17 Å². The van der Waals surface area contributed by atoms with Crippen molar-refractivity contribution in [3.8, 4) is 6.07 Å². The molecule has 1 aromatic heterocycles. The Labute approximate surface area is 166 Å². The first kappa shape index (κ1) is 18.4. The molecular weight excluding hydrogens is 377 g/mol. The van der Waals surface area contributed by atoms with E-state index in [9.17, 15) is 9.18 Å². The van der Waals surface area contributed by atoms with Crippen LogP contribution in [0.25, 0.3) is 0 Å². The minimum atomic E-state index is -0.660. The van der Waals surface area contributed by atoms with Gasteiger partial charge >= 0.3 is 0 Å². The Morgan fingerprint density at radius 3 is 3.00 bits per heavy atom. The number of nitriles is 1. The van der Waals surface area contributed by atoms with Gasteiger partial charge < -0.3 is 11.1 Å². The molecule has 6 nitrogen and oxygen atoms in total. The van der Waals surface area contributed by atoms with Crippen molar-refractivity contribution in [1.29, 1.82) is 5.26 Å². The van der Waals surface area contributed by atoms with Crippen LogP contribution in [0.15, 0.2) is 41.5 Å². The summed E-state index contributed by atoms with van der Waals surface area (Å²) in [5.41, 5.74) is 6.81. The number of nitrogens with two attached hydrogens (primary N) is 1. The van der Waals surface area contributed by atoms with Crippen molar-refractivity contribution in [3.63, 3.8) is 0 Å². The lowest BCUT2D eigenvalue weighted by Gasteiger charge is -2.36. The Morgan fingerprint density at radius 1 is 1.39 bits per heavy atom. The lowest BCUT2D eigenvalue weighted by atomic mass is 9.81. The number of amides is 1. The van der Waals surface area contributed by atoms with E-state index in [4.69, 9.17) is 11.0 Å². The largest absolute Gasteiger partial charge is 0.379 e. The van der Waals surface area contributed by atoms with Gasteiger partial charge in [-0.1, -0.05) is 18.2 Å². The summed E-state index contributed by atoms with van der Waals surface area (Å²) >= 11 is 1.51. The Hall–Kier alpha value is -2.92. The molecule has 2 atom stereocenters. The lowest BCUT2D eigenvalue weighted by molar-refractivity contribution is 0.102. The number of fused-ring (bicyclic) bond motifs is 1. The first-order valence-corrected chi connectivity index (χ1v) is 9.96. The van der Waals surface area contributed by atoms with Crippen LogP contribution in [-0.2, 0) is 5.54 Å². The number of nitrogens with one attached hydrogen (secondary N) is 1. The van der Waals surface area contributed by atoms with Crippen molar-refractivity contribution in [2.45, 2.75) is 24.8 Å². The quantitative estimate of drug-likeness (QED) is 0.829. The predicted octanol–water partition coefficient (Wildman–Crippen LogP) is 3.40. The third-order valence-electron chi connectivity index (χ3n) is 5.34. The number of carbonyl (C=O) groups is 1. The molecular formula is C20H18FN5OS. The zero-order valence-corrected chi connectivity index (χ0v) is 15.8. The van der Waals surface area contributed by atoms with E-state index in [1.807, 2.05) is 6.07 Å². The molecule has 0 spiro atoms. The molecule has 8 heteroatoms. The average Bonchev–Trinajstić information content (AvgIpc) is 3.13. The molecule has 0 radical (unpaired) electrons. The van der Waals surface area contributed by atoms with Gasteiger partial charge in [-0.2, -0.15) is 5.26 Å². The Morgan fingerprint density at radius 2 is 2.25 bits per heavy atom. The molecule has 28 heavy (non-hydrogen) atoms. The van der Waals surface area contributed by atoms with Gasteiger partial charge in [0.2, 0.25) is 0 Å². The van der Waals surface area contributed by atoms with E-state index >= 15 is 0 Å². The molecule has 0 bridgehead atoms. The molecule has 1 unspecified atom stereocenters. The van der Waals surface area contributed by atoms with E-state index in [1.54, 1.807) is 6.07 Å². The van der Waals surface area contributed by atoms with E-state index in [1.165, 1.54) is 42.2 Å². The second-order valence-corrected chi connectivity index (χ2v) is 8.01. The van der Waals surface area contributed by atoms with Crippen molar-refractivity contribution in [3.05, 3.63) is 59.2 Å². The van der Waals surface area contributed by atoms with Crippen LogP contribution < -0.4 is 11.1 Å². The minimum absolute atomic E-state index is 0.179. The third kappa shape index (κ3) is 3.22. The smallest absolute Gasteiger partial charge is 0.274 e. The first-order valence-electron chi connectivity index (χ1n) is 8.97. The topological polar surface area (TPSA) is 104 Å². The van der Waals surface area contributed by atoms with Crippen LogP contribution in [0, 0.1) is 23.1 Å². The Bertz CT molecular complexity index is 1000. The Balaban J connectivity index is 1.65. The maximum Gasteiger partial charge on any atom is 0.274 e. The molecule has 3 N–H and O–H groups in total. The van der Waals surface area contributed by atoms with Gasteiger partial charge in [-0.05, 0) is 49.1 Å². The summed E-state index contributed by atoms with van der Waals surface area (Å²) in [6.45, 7) is 0. The van der Waals surface area contributed by atoms with Crippen molar-refractivity contribution in [2.24, 2.45) is 16.6 Å². The number of carbonyl (C=O) groups excluding carboxylic acids is 1. The molecule has 1 amide bonds. The zero-order chi connectivity index (χ0) is 19.7. The number of amidine groups is 1.